The minimum atomic E-state index is -0.117. The van der Waals surface area contributed by atoms with Crippen molar-refractivity contribution in [2.75, 3.05) is 5.32 Å². The van der Waals surface area contributed by atoms with Crippen LogP contribution in [-0.2, 0) is 11.2 Å². The molecule has 108 valence electrons. The lowest BCUT2D eigenvalue weighted by molar-refractivity contribution is -0.116. The Balaban J connectivity index is 1.67. The third-order valence-electron chi connectivity index (χ3n) is 3.35. The van der Waals surface area contributed by atoms with E-state index in [2.05, 4.69) is 20.7 Å². The quantitative estimate of drug-likeness (QED) is 0.791. The zero-order valence-corrected chi connectivity index (χ0v) is 11.8. The summed E-state index contributed by atoms with van der Waals surface area (Å²) >= 11 is 0. The Labute approximate surface area is 121 Å². The van der Waals surface area contributed by atoms with Crippen molar-refractivity contribution < 1.29 is 9.32 Å². The second-order valence-electron chi connectivity index (χ2n) is 4.80. The number of nitrogens with zero attached hydrogens (tertiary/aromatic N) is 4. The zero-order valence-electron chi connectivity index (χ0n) is 11.8. The number of fused-ring (bicyclic) bond motifs is 1. The Hall–Kier alpha value is -2.70. The number of hydrogen-bond acceptors (Lipinski definition) is 5. The van der Waals surface area contributed by atoms with Crippen LogP contribution < -0.4 is 5.32 Å². The van der Waals surface area contributed by atoms with Crippen LogP contribution in [0.3, 0.4) is 0 Å². The first-order valence-electron chi connectivity index (χ1n) is 6.66. The molecule has 0 aromatic carbocycles. The number of rotatable bonds is 4. The monoisotopic (exact) mass is 285 g/mol. The fourth-order valence-corrected chi connectivity index (χ4v) is 2.21. The maximum Gasteiger partial charge on any atom is 0.235 e. The molecule has 1 N–H and O–H groups in total. The summed E-state index contributed by atoms with van der Waals surface area (Å²) in [5.41, 5.74) is 2.50. The highest BCUT2D eigenvalue weighted by Gasteiger charge is 2.13. The van der Waals surface area contributed by atoms with Crippen LogP contribution in [0.1, 0.15) is 23.4 Å². The van der Waals surface area contributed by atoms with Gasteiger partial charge in [0.15, 0.2) is 5.65 Å². The summed E-state index contributed by atoms with van der Waals surface area (Å²) in [6.07, 6.45) is 2.73. The van der Waals surface area contributed by atoms with E-state index in [-0.39, 0.29) is 5.91 Å². The number of aromatic nitrogens is 4. The molecule has 0 atom stereocenters. The van der Waals surface area contributed by atoms with E-state index < -0.39 is 0 Å². The van der Waals surface area contributed by atoms with Crippen LogP contribution in [0.15, 0.2) is 28.9 Å². The van der Waals surface area contributed by atoms with Crippen molar-refractivity contribution in [3.63, 3.8) is 0 Å². The normalized spacial score (nSPS) is 11.0. The molecular weight excluding hydrogens is 270 g/mol. The molecule has 0 unspecified atom stereocenters. The van der Waals surface area contributed by atoms with E-state index in [0.29, 0.717) is 24.4 Å². The van der Waals surface area contributed by atoms with Crippen molar-refractivity contribution in [1.29, 1.82) is 0 Å². The molecule has 0 spiro atoms. The van der Waals surface area contributed by atoms with Crippen molar-refractivity contribution in [2.45, 2.75) is 26.7 Å². The average molecular weight is 285 g/mol. The number of anilines is 1. The third-order valence-corrected chi connectivity index (χ3v) is 3.35. The minimum Gasteiger partial charge on any atom is -0.361 e. The summed E-state index contributed by atoms with van der Waals surface area (Å²) in [5, 5.41) is 14.6. The maximum absolute atomic E-state index is 12.0. The number of amides is 1. The highest BCUT2D eigenvalue weighted by Crippen LogP contribution is 2.15. The number of aryl methyl sites for hydroxylation is 2. The SMILES string of the molecule is Cc1noc(C)c1CCC(=O)Nc1nnc2ccccn12. The second-order valence-corrected chi connectivity index (χ2v) is 4.80. The van der Waals surface area contributed by atoms with Crippen LogP contribution in [0.4, 0.5) is 5.95 Å². The molecule has 3 aromatic heterocycles. The van der Waals surface area contributed by atoms with Gasteiger partial charge in [-0.1, -0.05) is 11.2 Å². The van der Waals surface area contributed by atoms with Crippen molar-refractivity contribution in [1.82, 2.24) is 19.8 Å². The lowest BCUT2D eigenvalue weighted by Gasteiger charge is -2.03. The van der Waals surface area contributed by atoms with Crippen molar-refractivity contribution >= 4 is 17.5 Å². The van der Waals surface area contributed by atoms with Gasteiger partial charge in [0.1, 0.15) is 5.76 Å². The minimum absolute atomic E-state index is 0.117. The summed E-state index contributed by atoms with van der Waals surface area (Å²) in [4.78, 5) is 12.0. The van der Waals surface area contributed by atoms with Gasteiger partial charge in [0.2, 0.25) is 11.9 Å². The highest BCUT2D eigenvalue weighted by atomic mass is 16.5. The molecule has 0 fully saturated rings. The summed E-state index contributed by atoms with van der Waals surface area (Å²) in [7, 11) is 0. The standard InChI is InChI=1S/C14H15N5O2/c1-9-11(10(2)21-18-9)6-7-13(20)15-14-17-16-12-5-3-4-8-19(12)14/h3-5,8H,6-7H2,1-2H3,(H,15,17,20). The van der Waals surface area contributed by atoms with Crippen molar-refractivity contribution in [3.05, 3.63) is 41.4 Å². The van der Waals surface area contributed by atoms with Crippen molar-refractivity contribution in [2.24, 2.45) is 0 Å². The Bertz CT molecular complexity index is 770. The van der Waals surface area contributed by atoms with Gasteiger partial charge >= 0.3 is 0 Å². The summed E-state index contributed by atoms with van der Waals surface area (Å²) in [5.74, 6) is 1.07. The number of carbonyl (C=O) groups excluding carboxylic acids is 1. The van der Waals surface area contributed by atoms with E-state index in [1.807, 2.05) is 32.0 Å². The predicted molar refractivity (Wildman–Crippen MR) is 75.9 cm³/mol. The van der Waals surface area contributed by atoms with Gasteiger partial charge in [-0.3, -0.25) is 14.5 Å². The molecule has 0 saturated heterocycles. The Morgan fingerprint density at radius 1 is 1.33 bits per heavy atom. The van der Waals surface area contributed by atoms with Gasteiger partial charge in [0.25, 0.3) is 0 Å². The molecule has 0 radical (unpaired) electrons. The molecule has 0 aliphatic heterocycles. The Morgan fingerprint density at radius 3 is 2.95 bits per heavy atom. The van der Waals surface area contributed by atoms with E-state index in [4.69, 9.17) is 4.52 Å². The lowest BCUT2D eigenvalue weighted by Crippen LogP contribution is -2.14. The van der Waals surface area contributed by atoms with Crippen molar-refractivity contribution in [3.8, 4) is 0 Å². The first kappa shape index (κ1) is 13.3. The molecule has 3 aromatic rings. The molecule has 21 heavy (non-hydrogen) atoms. The first-order valence-corrected chi connectivity index (χ1v) is 6.66. The van der Waals surface area contributed by atoms with Crippen LogP contribution in [0, 0.1) is 13.8 Å². The third kappa shape index (κ3) is 2.62. The molecule has 0 bridgehead atoms. The van der Waals surface area contributed by atoms with E-state index >= 15 is 0 Å². The topological polar surface area (TPSA) is 85.3 Å². The molecule has 0 aliphatic rings. The molecule has 1 amide bonds. The van der Waals surface area contributed by atoms with Crippen LogP contribution >= 0.6 is 0 Å². The van der Waals surface area contributed by atoms with Gasteiger partial charge in [0.05, 0.1) is 5.69 Å². The van der Waals surface area contributed by atoms with Crippen LogP contribution in [-0.4, -0.2) is 25.7 Å². The maximum atomic E-state index is 12.0. The van der Waals surface area contributed by atoms with E-state index in [1.54, 1.807) is 10.6 Å². The number of carbonyl (C=O) groups is 1. The predicted octanol–water partition coefficient (Wildman–Crippen LogP) is 1.91. The van der Waals surface area contributed by atoms with E-state index in [9.17, 15) is 4.79 Å². The van der Waals surface area contributed by atoms with E-state index in [0.717, 1.165) is 17.0 Å². The largest absolute Gasteiger partial charge is 0.361 e. The molecule has 3 rings (SSSR count). The summed E-state index contributed by atoms with van der Waals surface area (Å²) < 4.78 is 6.81. The zero-order chi connectivity index (χ0) is 14.8. The molecule has 0 aliphatic carbocycles. The molecule has 0 saturated carbocycles. The highest BCUT2D eigenvalue weighted by molar-refractivity contribution is 5.89. The molecule has 7 nitrogen and oxygen atoms in total. The summed E-state index contributed by atoms with van der Waals surface area (Å²) in [6.45, 7) is 3.72. The summed E-state index contributed by atoms with van der Waals surface area (Å²) in [6, 6.07) is 5.55. The fraction of sp³-hybridized carbons (Fsp3) is 0.286. The number of pyridine rings is 1. The van der Waals surface area contributed by atoms with Gasteiger partial charge in [-0.15, -0.1) is 10.2 Å². The van der Waals surface area contributed by atoms with Gasteiger partial charge in [-0.05, 0) is 32.4 Å². The van der Waals surface area contributed by atoms with Crippen LogP contribution in [0.25, 0.3) is 5.65 Å². The lowest BCUT2D eigenvalue weighted by atomic mass is 10.1. The Kier molecular flexibility index (Phi) is 3.39. The van der Waals surface area contributed by atoms with Crippen LogP contribution in [0.2, 0.25) is 0 Å². The van der Waals surface area contributed by atoms with Gasteiger partial charge in [0, 0.05) is 18.2 Å². The average Bonchev–Trinajstić information content (AvgIpc) is 3.02. The molecule has 7 heteroatoms. The first-order chi connectivity index (χ1) is 10.1. The number of hydrogen-bond donors (Lipinski definition) is 1. The smallest absolute Gasteiger partial charge is 0.235 e. The van der Waals surface area contributed by atoms with Gasteiger partial charge in [-0.2, -0.15) is 0 Å². The Morgan fingerprint density at radius 2 is 2.19 bits per heavy atom. The van der Waals surface area contributed by atoms with Gasteiger partial charge < -0.3 is 4.52 Å². The molecule has 3 heterocycles. The number of nitrogens with one attached hydrogen (secondary N) is 1. The van der Waals surface area contributed by atoms with Crippen LogP contribution in [0.5, 0.6) is 0 Å². The van der Waals surface area contributed by atoms with Gasteiger partial charge in [-0.25, -0.2) is 0 Å². The van der Waals surface area contributed by atoms with E-state index in [1.165, 1.54) is 0 Å². The molecular formula is C14H15N5O2. The second kappa shape index (κ2) is 5.35. The fourth-order valence-electron chi connectivity index (χ4n) is 2.21.